The van der Waals surface area contributed by atoms with Crippen molar-refractivity contribution in [3.8, 4) is 0 Å². The number of nitrogens with one attached hydrogen (secondary N) is 1. The number of aryl methyl sites for hydroxylation is 2. The van der Waals surface area contributed by atoms with Gasteiger partial charge < -0.3 is 9.88 Å². The molecule has 4 rings (SSSR count). The number of carbonyl (C=O) groups is 1. The summed E-state index contributed by atoms with van der Waals surface area (Å²) in [4.78, 5) is 28.5. The van der Waals surface area contributed by atoms with Crippen molar-refractivity contribution in [1.82, 2.24) is 14.9 Å². The third kappa shape index (κ3) is 4.16. The number of carbonyl (C=O) groups excluding carboxylic acids is 1. The highest BCUT2D eigenvalue weighted by Gasteiger charge is 2.21. The zero-order valence-electron chi connectivity index (χ0n) is 17.3. The van der Waals surface area contributed by atoms with Gasteiger partial charge in [0.15, 0.2) is 0 Å². The van der Waals surface area contributed by atoms with Crippen LogP contribution >= 0.6 is 0 Å². The molecule has 3 aromatic carbocycles. The minimum absolute atomic E-state index is 0.0701. The van der Waals surface area contributed by atoms with Crippen LogP contribution in [0.5, 0.6) is 0 Å². The fraction of sp³-hybridized carbons (Fsp3) is 0.167. The maximum Gasteiger partial charge on any atom is 0.273 e. The van der Waals surface area contributed by atoms with Gasteiger partial charge in [-0.05, 0) is 30.7 Å². The Balaban J connectivity index is 1.66. The third-order valence-corrected chi connectivity index (χ3v) is 5.44. The minimum Gasteiger partial charge on any atom is -0.345 e. The summed E-state index contributed by atoms with van der Waals surface area (Å²) >= 11 is 0. The monoisotopic (exact) mass is 414 g/mol. The number of hydrogen-bond acceptors (Lipinski definition) is 4. The number of imidazole rings is 1. The Hall–Kier alpha value is -4.00. The first-order chi connectivity index (χ1) is 14.9. The molecule has 7 heteroatoms. The number of para-hydroxylation sites is 2. The van der Waals surface area contributed by atoms with E-state index in [0.717, 1.165) is 22.4 Å². The molecule has 0 aliphatic carbocycles. The van der Waals surface area contributed by atoms with E-state index in [1.807, 2.05) is 66.2 Å². The van der Waals surface area contributed by atoms with Crippen molar-refractivity contribution in [1.29, 1.82) is 0 Å². The molecular weight excluding hydrogens is 392 g/mol. The minimum atomic E-state index is -0.472. The van der Waals surface area contributed by atoms with E-state index < -0.39 is 4.92 Å². The predicted molar refractivity (Wildman–Crippen MR) is 119 cm³/mol. The summed E-state index contributed by atoms with van der Waals surface area (Å²) in [5, 5.41) is 14.3. The molecule has 0 radical (unpaired) electrons. The number of fused-ring (bicyclic) bond motifs is 1. The van der Waals surface area contributed by atoms with Gasteiger partial charge in [0.2, 0.25) is 0 Å². The van der Waals surface area contributed by atoms with Crippen molar-refractivity contribution in [3.63, 3.8) is 0 Å². The van der Waals surface area contributed by atoms with Gasteiger partial charge in [0, 0.05) is 30.7 Å². The van der Waals surface area contributed by atoms with Gasteiger partial charge in [-0.15, -0.1) is 0 Å². The molecule has 0 saturated carbocycles. The van der Waals surface area contributed by atoms with Crippen LogP contribution in [0.3, 0.4) is 0 Å². The lowest BCUT2D eigenvalue weighted by Gasteiger charge is -2.19. The van der Waals surface area contributed by atoms with Crippen LogP contribution in [0, 0.1) is 17.0 Å². The molecule has 31 heavy (non-hydrogen) atoms. The van der Waals surface area contributed by atoms with Crippen LogP contribution in [0.25, 0.3) is 11.0 Å². The Labute approximate surface area is 179 Å². The standard InChI is InChI=1S/C24H22N4O3/c1-16-12-13-18(14-22(16)28(30)31)24(29)26-20(17-8-4-3-5-9-17)15-23-25-19-10-6-7-11-21(19)27(23)2/h3-14,20H,15H2,1-2H3,(H,26,29)/t20-/m0/s1. The van der Waals surface area contributed by atoms with Gasteiger partial charge in [-0.25, -0.2) is 4.98 Å². The van der Waals surface area contributed by atoms with E-state index in [4.69, 9.17) is 4.98 Å². The zero-order chi connectivity index (χ0) is 22.0. The average molecular weight is 414 g/mol. The fourth-order valence-electron chi connectivity index (χ4n) is 3.69. The number of hydrogen-bond donors (Lipinski definition) is 1. The number of nitro benzene ring substituents is 1. The van der Waals surface area contributed by atoms with Crippen LogP contribution in [0.2, 0.25) is 0 Å². The van der Waals surface area contributed by atoms with Gasteiger partial charge >= 0.3 is 0 Å². The molecular formula is C24H22N4O3. The van der Waals surface area contributed by atoms with Gasteiger partial charge in [-0.2, -0.15) is 0 Å². The van der Waals surface area contributed by atoms with Gasteiger partial charge in [0.25, 0.3) is 11.6 Å². The van der Waals surface area contributed by atoms with Gasteiger partial charge in [-0.3, -0.25) is 14.9 Å². The van der Waals surface area contributed by atoms with Crippen molar-refractivity contribution in [2.75, 3.05) is 0 Å². The normalized spacial score (nSPS) is 11.9. The van der Waals surface area contributed by atoms with Crippen LogP contribution in [-0.2, 0) is 13.5 Å². The highest BCUT2D eigenvalue weighted by atomic mass is 16.6. The maximum atomic E-state index is 13.0. The number of aromatic nitrogens is 2. The largest absolute Gasteiger partial charge is 0.345 e. The van der Waals surface area contributed by atoms with E-state index in [1.54, 1.807) is 19.1 Å². The van der Waals surface area contributed by atoms with Crippen molar-refractivity contribution in [2.45, 2.75) is 19.4 Å². The van der Waals surface area contributed by atoms with Gasteiger partial charge in [0.05, 0.1) is 22.0 Å². The Bertz CT molecular complexity index is 1260. The van der Waals surface area contributed by atoms with Crippen LogP contribution in [-0.4, -0.2) is 20.4 Å². The summed E-state index contributed by atoms with van der Waals surface area (Å²) in [6, 6.07) is 21.7. The molecule has 7 nitrogen and oxygen atoms in total. The van der Waals surface area contributed by atoms with Crippen LogP contribution in [0.1, 0.15) is 33.4 Å². The van der Waals surface area contributed by atoms with E-state index >= 15 is 0 Å². The molecule has 0 spiro atoms. The Morgan fingerprint density at radius 3 is 2.52 bits per heavy atom. The van der Waals surface area contributed by atoms with Crippen LogP contribution in [0.15, 0.2) is 72.8 Å². The van der Waals surface area contributed by atoms with Crippen molar-refractivity contribution in [3.05, 3.63) is 105 Å². The summed E-state index contributed by atoms with van der Waals surface area (Å²) in [5.41, 5.74) is 3.55. The van der Waals surface area contributed by atoms with Gasteiger partial charge in [-0.1, -0.05) is 48.5 Å². The van der Waals surface area contributed by atoms with Crippen LogP contribution in [0.4, 0.5) is 5.69 Å². The highest BCUT2D eigenvalue weighted by molar-refractivity contribution is 5.95. The fourth-order valence-corrected chi connectivity index (χ4v) is 3.69. The van der Waals surface area contributed by atoms with Crippen molar-refractivity contribution >= 4 is 22.6 Å². The second-order valence-electron chi connectivity index (χ2n) is 7.47. The molecule has 4 aromatic rings. The molecule has 0 aliphatic heterocycles. The molecule has 156 valence electrons. The third-order valence-electron chi connectivity index (χ3n) is 5.44. The number of benzene rings is 3. The maximum absolute atomic E-state index is 13.0. The number of nitro groups is 1. The molecule has 1 N–H and O–H groups in total. The topological polar surface area (TPSA) is 90.1 Å². The van der Waals surface area contributed by atoms with Crippen molar-refractivity contribution < 1.29 is 9.72 Å². The SMILES string of the molecule is Cc1ccc(C(=O)N[C@@H](Cc2nc3ccccc3n2C)c2ccccc2)cc1[N+](=O)[O-]. The molecule has 0 aliphatic rings. The van der Waals surface area contributed by atoms with Crippen LogP contribution < -0.4 is 5.32 Å². The lowest BCUT2D eigenvalue weighted by Crippen LogP contribution is -2.30. The predicted octanol–water partition coefficient (Wildman–Crippen LogP) is 4.50. The van der Waals surface area contributed by atoms with Crippen molar-refractivity contribution in [2.24, 2.45) is 7.05 Å². The molecule has 0 fully saturated rings. The lowest BCUT2D eigenvalue weighted by molar-refractivity contribution is -0.385. The first kappa shape index (κ1) is 20.3. The Morgan fingerprint density at radius 2 is 1.81 bits per heavy atom. The number of nitrogens with zero attached hydrogens (tertiary/aromatic N) is 3. The molecule has 1 aromatic heterocycles. The molecule has 0 bridgehead atoms. The van der Waals surface area contributed by atoms with E-state index in [-0.39, 0.29) is 23.2 Å². The average Bonchev–Trinajstić information content (AvgIpc) is 3.09. The number of amides is 1. The summed E-state index contributed by atoms with van der Waals surface area (Å²) in [5.74, 6) is 0.473. The van der Waals surface area contributed by atoms with E-state index in [1.165, 1.54) is 6.07 Å². The van der Waals surface area contributed by atoms with E-state index in [0.29, 0.717) is 12.0 Å². The zero-order valence-corrected chi connectivity index (χ0v) is 17.3. The van der Waals surface area contributed by atoms with Gasteiger partial charge in [0.1, 0.15) is 5.82 Å². The lowest BCUT2D eigenvalue weighted by atomic mass is 10.0. The first-order valence-corrected chi connectivity index (χ1v) is 9.95. The summed E-state index contributed by atoms with van der Waals surface area (Å²) in [6.07, 6.45) is 0.481. The summed E-state index contributed by atoms with van der Waals surface area (Å²) < 4.78 is 2.02. The van der Waals surface area contributed by atoms with E-state index in [9.17, 15) is 14.9 Å². The van der Waals surface area contributed by atoms with E-state index in [2.05, 4.69) is 5.32 Å². The first-order valence-electron chi connectivity index (χ1n) is 9.95. The molecule has 0 unspecified atom stereocenters. The smallest absolute Gasteiger partial charge is 0.273 e. The second-order valence-corrected chi connectivity index (χ2v) is 7.47. The number of rotatable bonds is 6. The second kappa shape index (κ2) is 8.39. The quantitative estimate of drug-likeness (QED) is 0.371. The molecule has 1 heterocycles. The highest BCUT2D eigenvalue weighted by Crippen LogP contribution is 2.23. The summed E-state index contributed by atoms with van der Waals surface area (Å²) in [6.45, 7) is 1.65. The Morgan fingerprint density at radius 1 is 1.10 bits per heavy atom. The molecule has 1 atom stereocenters. The Kier molecular flexibility index (Phi) is 5.49. The summed E-state index contributed by atoms with van der Waals surface area (Å²) in [7, 11) is 1.96. The molecule has 1 amide bonds. The molecule has 0 saturated heterocycles.